The van der Waals surface area contributed by atoms with Crippen molar-refractivity contribution in [3.8, 4) is 6.07 Å². The molecular formula is C20H25N3. The predicted octanol–water partition coefficient (Wildman–Crippen LogP) is 3.93. The lowest BCUT2D eigenvalue weighted by Gasteiger charge is -2.28. The number of hydrogen-bond acceptors (Lipinski definition) is 3. The monoisotopic (exact) mass is 307 g/mol. The normalized spacial score (nSPS) is 10.5. The Morgan fingerprint density at radius 3 is 2.13 bits per heavy atom. The summed E-state index contributed by atoms with van der Waals surface area (Å²) >= 11 is 0. The molecule has 0 aromatic heterocycles. The summed E-state index contributed by atoms with van der Waals surface area (Å²) < 4.78 is 0. The third kappa shape index (κ3) is 5.77. The molecule has 0 saturated heterocycles. The zero-order valence-electron chi connectivity index (χ0n) is 13.9. The summed E-state index contributed by atoms with van der Waals surface area (Å²) in [5.74, 6) is 0. The summed E-state index contributed by atoms with van der Waals surface area (Å²) in [6.45, 7) is 6.82. The molecule has 2 aromatic rings. The van der Waals surface area contributed by atoms with E-state index in [1.54, 1.807) is 0 Å². The molecule has 0 fully saturated rings. The Morgan fingerprint density at radius 2 is 1.52 bits per heavy atom. The maximum Gasteiger partial charge on any atom is 0.0635 e. The summed E-state index contributed by atoms with van der Waals surface area (Å²) in [4.78, 5) is 4.74. The number of nitrogens with zero attached hydrogens (tertiary/aromatic N) is 3. The van der Waals surface area contributed by atoms with Gasteiger partial charge in [0.15, 0.2) is 0 Å². The van der Waals surface area contributed by atoms with Gasteiger partial charge in [0.05, 0.1) is 6.07 Å². The Kier molecular flexibility index (Phi) is 7.16. The number of para-hydroxylation sites is 1. The lowest BCUT2D eigenvalue weighted by molar-refractivity contribution is 0.277. The number of benzene rings is 2. The molecule has 0 N–H and O–H groups in total. The minimum atomic E-state index is 0.574. The fraction of sp³-hybridized carbons (Fsp3) is 0.350. The SMILES string of the molecule is CCN(CCN(CCC#N)Cc1ccccc1)c1ccccc1. The molecule has 2 aromatic carbocycles. The van der Waals surface area contributed by atoms with Gasteiger partial charge in [0.25, 0.3) is 0 Å². The van der Waals surface area contributed by atoms with Gasteiger partial charge in [-0.05, 0) is 24.6 Å². The van der Waals surface area contributed by atoms with Crippen LogP contribution in [0.5, 0.6) is 0 Å². The molecule has 0 heterocycles. The second kappa shape index (κ2) is 9.66. The molecule has 3 nitrogen and oxygen atoms in total. The van der Waals surface area contributed by atoms with Crippen molar-refractivity contribution in [2.24, 2.45) is 0 Å². The number of hydrogen-bond donors (Lipinski definition) is 0. The molecule has 0 aliphatic carbocycles. The van der Waals surface area contributed by atoms with Crippen molar-refractivity contribution in [3.63, 3.8) is 0 Å². The number of anilines is 1. The van der Waals surface area contributed by atoms with E-state index >= 15 is 0 Å². The van der Waals surface area contributed by atoms with Crippen molar-refractivity contribution in [2.75, 3.05) is 31.1 Å². The molecule has 0 saturated carbocycles. The molecule has 0 spiro atoms. The summed E-state index contributed by atoms with van der Waals surface area (Å²) in [6, 6.07) is 23.2. The largest absolute Gasteiger partial charge is 0.371 e. The smallest absolute Gasteiger partial charge is 0.0635 e. The highest BCUT2D eigenvalue weighted by atomic mass is 15.2. The van der Waals surface area contributed by atoms with Crippen LogP contribution in [-0.4, -0.2) is 31.1 Å². The molecule has 0 atom stereocenters. The van der Waals surface area contributed by atoms with Crippen LogP contribution in [0.4, 0.5) is 5.69 Å². The molecule has 0 aliphatic rings. The fourth-order valence-corrected chi connectivity index (χ4v) is 2.69. The van der Waals surface area contributed by atoms with Crippen LogP contribution >= 0.6 is 0 Å². The van der Waals surface area contributed by atoms with E-state index in [1.807, 2.05) is 12.1 Å². The standard InChI is InChI=1S/C20H25N3/c1-2-23(20-12-7-4-8-13-20)17-16-22(15-9-14-21)18-19-10-5-3-6-11-19/h3-8,10-13H,2,9,15-18H2,1H3. The van der Waals surface area contributed by atoms with Crippen molar-refractivity contribution in [1.29, 1.82) is 5.26 Å². The van der Waals surface area contributed by atoms with Crippen molar-refractivity contribution < 1.29 is 0 Å². The van der Waals surface area contributed by atoms with Gasteiger partial charge >= 0.3 is 0 Å². The van der Waals surface area contributed by atoms with Crippen LogP contribution in [-0.2, 0) is 6.54 Å². The molecule has 0 unspecified atom stereocenters. The minimum absolute atomic E-state index is 0.574. The lowest BCUT2D eigenvalue weighted by atomic mass is 10.2. The Labute approximate surface area is 139 Å². The highest BCUT2D eigenvalue weighted by Gasteiger charge is 2.09. The first-order chi connectivity index (χ1) is 11.3. The van der Waals surface area contributed by atoms with Crippen LogP contribution in [0.2, 0.25) is 0 Å². The third-order valence-electron chi connectivity index (χ3n) is 3.98. The first-order valence-corrected chi connectivity index (χ1v) is 8.26. The van der Waals surface area contributed by atoms with E-state index in [-0.39, 0.29) is 0 Å². The lowest BCUT2D eigenvalue weighted by Crippen LogP contribution is -2.35. The summed E-state index contributed by atoms with van der Waals surface area (Å²) in [5.41, 5.74) is 2.56. The second-order valence-corrected chi connectivity index (χ2v) is 5.59. The quantitative estimate of drug-likeness (QED) is 0.703. The van der Waals surface area contributed by atoms with E-state index in [9.17, 15) is 0 Å². The summed E-state index contributed by atoms with van der Waals surface area (Å²) in [5, 5.41) is 8.90. The molecule has 0 aliphatic heterocycles. The van der Waals surface area contributed by atoms with Gasteiger partial charge in [0, 0.05) is 44.8 Å². The Bertz CT molecular complexity index is 589. The maximum absolute atomic E-state index is 8.90. The molecule has 0 amide bonds. The van der Waals surface area contributed by atoms with Crippen molar-refractivity contribution in [2.45, 2.75) is 19.9 Å². The minimum Gasteiger partial charge on any atom is -0.371 e. The third-order valence-corrected chi connectivity index (χ3v) is 3.98. The highest BCUT2D eigenvalue weighted by molar-refractivity contribution is 5.45. The van der Waals surface area contributed by atoms with E-state index in [2.05, 4.69) is 71.3 Å². The van der Waals surface area contributed by atoms with Gasteiger partial charge in [-0.2, -0.15) is 5.26 Å². The van der Waals surface area contributed by atoms with E-state index in [1.165, 1.54) is 11.3 Å². The van der Waals surface area contributed by atoms with E-state index in [4.69, 9.17) is 5.26 Å². The zero-order valence-corrected chi connectivity index (χ0v) is 13.9. The van der Waals surface area contributed by atoms with Gasteiger partial charge < -0.3 is 4.90 Å². The topological polar surface area (TPSA) is 30.3 Å². The second-order valence-electron chi connectivity index (χ2n) is 5.59. The van der Waals surface area contributed by atoms with Crippen LogP contribution in [0.25, 0.3) is 0 Å². The van der Waals surface area contributed by atoms with Crippen LogP contribution in [0.15, 0.2) is 60.7 Å². The van der Waals surface area contributed by atoms with Gasteiger partial charge in [-0.25, -0.2) is 0 Å². The Morgan fingerprint density at radius 1 is 0.870 bits per heavy atom. The molecule has 23 heavy (non-hydrogen) atoms. The van der Waals surface area contributed by atoms with Gasteiger partial charge in [-0.3, -0.25) is 4.90 Å². The molecule has 0 bridgehead atoms. The Hall–Kier alpha value is -2.31. The van der Waals surface area contributed by atoms with Crippen LogP contribution in [0, 0.1) is 11.3 Å². The molecule has 3 heteroatoms. The van der Waals surface area contributed by atoms with Crippen molar-refractivity contribution >= 4 is 5.69 Å². The molecule has 120 valence electrons. The number of nitriles is 1. The number of likely N-dealkylation sites (N-methyl/N-ethyl adjacent to an activating group) is 1. The maximum atomic E-state index is 8.90. The first-order valence-electron chi connectivity index (χ1n) is 8.26. The molecule has 2 rings (SSSR count). The zero-order chi connectivity index (χ0) is 16.3. The van der Waals surface area contributed by atoms with E-state index in [0.717, 1.165) is 32.7 Å². The van der Waals surface area contributed by atoms with Crippen LogP contribution < -0.4 is 4.90 Å². The summed E-state index contributed by atoms with van der Waals surface area (Å²) in [6.07, 6.45) is 0.574. The number of rotatable bonds is 9. The van der Waals surface area contributed by atoms with Crippen molar-refractivity contribution in [3.05, 3.63) is 66.2 Å². The first kappa shape index (κ1) is 17.1. The molecular weight excluding hydrogens is 282 g/mol. The molecule has 0 radical (unpaired) electrons. The highest BCUT2D eigenvalue weighted by Crippen LogP contribution is 2.13. The Balaban J connectivity index is 1.95. The average Bonchev–Trinajstić information content (AvgIpc) is 2.61. The van der Waals surface area contributed by atoms with Gasteiger partial charge in [-0.1, -0.05) is 48.5 Å². The van der Waals surface area contributed by atoms with Crippen LogP contribution in [0.1, 0.15) is 18.9 Å². The predicted molar refractivity (Wildman–Crippen MR) is 96.3 cm³/mol. The van der Waals surface area contributed by atoms with E-state index in [0.29, 0.717) is 6.42 Å². The van der Waals surface area contributed by atoms with Gasteiger partial charge in [-0.15, -0.1) is 0 Å². The van der Waals surface area contributed by atoms with Crippen LogP contribution in [0.3, 0.4) is 0 Å². The average molecular weight is 307 g/mol. The summed E-state index contributed by atoms with van der Waals surface area (Å²) in [7, 11) is 0. The van der Waals surface area contributed by atoms with E-state index < -0.39 is 0 Å². The van der Waals surface area contributed by atoms with Gasteiger partial charge in [0.2, 0.25) is 0 Å². The fourth-order valence-electron chi connectivity index (χ4n) is 2.69. The van der Waals surface area contributed by atoms with Crippen molar-refractivity contribution in [1.82, 2.24) is 4.90 Å². The van der Waals surface area contributed by atoms with Gasteiger partial charge in [0.1, 0.15) is 0 Å².